The summed E-state index contributed by atoms with van der Waals surface area (Å²) in [5.41, 5.74) is 1.61. The first-order chi connectivity index (χ1) is 11.0. The van der Waals surface area contributed by atoms with E-state index in [0.29, 0.717) is 17.0 Å². The maximum atomic E-state index is 12.0. The largest absolute Gasteiger partial charge is 0.345 e. The molecule has 0 saturated carbocycles. The van der Waals surface area contributed by atoms with Gasteiger partial charge in [-0.3, -0.25) is 14.9 Å². The summed E-state index contributed by atoms with van der Waals surface area (Å²) in [5, 5.41) is 13.3. The van der Waals surface area contributed by atoms with E-state index in [1.165, 1.54) is 24.3 Å². The predicted octanol–water partition coefficient (Wildman–Crippen LogP) is 2.56. The van der Waals surface area contributed by atoms with E-state index in [1.54, 1.807) is 6.20 Å². The summed E-state index contributed by atoms with van der Waals surface area (Å²) in [6.07, 6.45) is 1.64. The van der Waals surface area contributed by atoms with E-state index in [4.69, 9.17) is 0 Å². The molecule has 9 heteroatoms. The number of nitrogens with one attached hydrogen (secondary N) is 2. The molecule has 1 aromatic carbocycles. The van der Waals surface area contributed by atoms with Crippen molar-refractivity contribution >= 4 is 38.7 Å². The number of carbonyl (C=O) groups excluding carboxylic acids is 1. The molecular formula is C14H10BrN5O3. The van der Waals surface area contributed by atoms with E-state index in [2.05, 4.69) is 36.2 Å². The van der Waals surface area contributed by atoms with Crippen LogP contribution in [0.15, 0.2) is 41.0 Å². The predicted molar refractivity (Wildman–Crippen MR) is 85.9 cm³/mol. The monoisotopic (exact) mass is 375 g/mol. The standard InChI is InChI=1S/C14H10BrN5O3/c15-9-5-11-13(16-6-9)19-12(18-11)7-17-14(21)8-1-3-10(4-2-8)20(22)23/h1-6H,7H2,(H,17,21)(H,16,18,19). The van der Waals surface area contributed by atoms with Gasteiger partial charge in [-0.15, -0.1) is 0 Å². The van der Waals surface area contributed by atoms with Crippen LogP contribution in [0, 0.1) is 10.1 Å². The van der Waals surface area contributed by atoms with Gasteiger partial charge in [-0.1, -0.05) is 0 Å². The molecule has 23 heavy (non-hydrogen) atoms. The molecule has 3 aromatic rings. The number of H-pyrrole nitrogens is 1. The van der Waals surface area contributed by atoms with Gasteiger partial charge in [0.05, 0.1) is 17.0 Å². The number of rotatable bonds is 4. The van der Waals surface area contributed by atoms with Crippen LogP contribution in [0.4, 0.5) is 5.69 Å². The molecule has 1 amide bonds. The number of hydrogen-bond donors (Lipinski definition) is 2. The maximum absolute atomic E-state index is 12.0. The lowest BCUT2D eigenvalue weighted by Gasteiger charge is -2.02. The van der Waals surface area contributed by atoms with Crippen LogP contribution in [0.5, 0.6) is 0 Å². The third-order valence-electron chi connectivity index (χ3n) is 3.11. The molecule has 3 rings (SSSR count). The Morgan fingerprint density at radius 3 is 2.78 bits per heavy atom. The van der Waals surface area contributed by atoms with Crippen molar-refractivity contribution in [3.05, 3.63) is 62.5 Å². The van der Waals surface area contributed by atoms with Gasteiger partial charge >= 0.3 is 0 Å². The Kier molecular flexibility index (Phi) is 4.02. The Bertz CT molecular complexity index is 891. The topological polar surface area (TPSA) is 114 Å². The number of non-ortho nitro benzene ring substituents is 1. The Morgan fingerprint density at radius 2 is 2.09 bits per heavy atom. The highest BCUT2D eigenvalue weighted by molar-refractivity contribution is 9.10. The van der Waals surface area contributed by atoms with Crippen LogP contribution >= 0.6 is 15.9 Å². The minimum absolute atomic E-state index is 0.0597. The van der Waals surface area contributed by atoms with Crippen molar-refractivity contribution in [3.8, 4) is 0 Å². The molecule has 0 aliphatic rings. The molecule has 2 heterocycles. The van der Waals surface area contributed by atoms with Crippen LogP contribution < -0.4 is 5.32 Å². The number of nitro benzene ring substituents is 1. The number of nitro groups is 1. The van der Waals surface area contributed by atoms with E-state index in [1.807, 2.05) is 6.07 Å². The van der Waals surface area contributed by atoms with Crippen LogP contribution in [0.3, 0.4) is 0 Å². The zero-order chi connectivity index (χ0) is 16.4. The summed E-state index contributed by atoms with van der Waals surface area (Å²) in [6, 6.07) is 7.24. The van der Waals surface area contributed by atoms with Gasteiger partial charge in [-0.25, -0.2) is 9.97 Å². The van der Waals surface area contributed by atoms with Crippen molar-refractivity contribution in [1.29, 1.82) is 0 Å². The second kappa shape index (κ2) is 6.13. The zero-order valence-corrected chi connectivity index (χ0v) is 13.2. The van der Waals surface area contributed by atoms with Gasteiger partial charge in [0.15, 0.2) is 5.65 Å². The third kappa shape index (κ3) is 3.34. The second-order valence-electron chi connectivity index (χ2n) is 4.69. The van der Waals surface area contributed by atoms with Crippen molar-refractivity contribution in [3.63, 3.8) is 0 Å². The Hall–Kier alpha value is -2.81. The SMILES string of the molecule is O=C(NCc1nc2ncc(Br)cc2[nH]1)c1ccc([N+](=O)[O-])cc1. The first-order valence-corrected chi connectivity index (χ1v) is 7.35. The molecule has 0 bridgehead atoms. The third-order valence-corrected chi connectivity index (χ3v) is 3.54. The summed E-state index contributed by atoms with van der Waals surface area (Å²) in [6.45, 7) is 0.198. The number of aromatic nitrogens is 3. The van der Waals surface area contributed by atoms with E-state index >= 15 is 0 Å². The van der Waals surface area contributed by atoms with Crippen LogP contribution in [0.25, 0.3) is 11.2 Å². The molecule has 0 aliphatic heterocycles. The Balaban J connectivity index is 1.68. The van der Waals surface area contributed by atoms with E-state index in [-0.39, 0.29) is 18.1 Å². The summed E-state index contributed by atoms with van der Waals surface area (Å²) in [7, 11) is 0. The molecule has 8 nitrogen and oxygen atoms in total. The number of fused-ring (bicyclic) bond motifs is 1. The minimum Gasteiger partial charge on any atom is -0.345 e. The lowest BCUT2D eigenvalue weighted by molar-refractivity contribution is -0.384. The summed E-state index contributed by atoms with van der Waals surface area (Å²) in [5.74, 6) is 0.232. The highest BCUT2D eigenvalue weighted by atomic mass is 79.9. The second-order valence-corrected chi connectivity index (χ2v) is 5.61. The smallest absolute Gasteiger partial charge is 0.269 e. The molecule has 116 valence electrons. The average Bonchev–Trinajstić information content (AvgIpc) is 2.94. The number of hydrogen-bond acceptors (Lipinski definition) is 5. The molecule has 2 N–H and O–H groups in total. The molecule has 0 saturated heterocycles. The van der Waals surface area contributed by atoms with E-state index < -0.39 is 4.92 Å². The van der Waals surface area contributed by atoms with Crippen LogP contribution in [0.1, 0.15) is 16.2 Å². The zero-order valence-electron chi connectivity index (χ0n) is 11.6. The number of nitrogens with zero attached hydrogens (tertiary/aromatic N) is 3. The van der Waals surface area contributed by atoms with Gasteiger partial charge in [0.2, 0.25) is 0 Å². The van der Waals surface area contributed by atoms with Crippen LogP contribution in [0.2, 0.25) is 0 Å². The first kappa shape index (κ1) is 15.1. The molecule has 0 spiro atoms. The number of aromatic amines is 1. The fourth-order valence-corrected chi connectivity index (χ4v) is 2.34. The number of imidazole rings is 1. The fraction of sp³-hybridized carbons (Fsp3) is 0.0714. The van der Waals surface area contributed by atoms with Gasteiger partial charge in [0.25, 0.3) is 11.6 Å². The lowest BCUT2D eigenvalue weighted by atomic mass is 10.2. The number of carbonyl (C=O) groups is 1. The van der Waals surface area contributed by atoms with Crippen molar-refractivity contribution in [2.24, 2.45) is 0 Å². The normalized spacial score (nSPS) is 10.7. The summed E-state index contributed by atoms with van der Waals surface area (Å²) < 4.78 is 0.829. The maximum Gasteiger partial charge on any atom is 0.269 e. The average molecular weight is 376 g/mol. The lowest BCUT2D eigenvalue weighted by Crippen LogP contribution is -2.23. The molecule has 0 fully saturated rings. The molecular weight excluding hydrogens is 366 g/mol. The van der Waals surface area contributed by atoms with Crippen molar-refractivity contribution < 1.29 is 9.72 Å². The van der Waals surface area contributed by atoms with E-state index in [9.17, 15) is 14.9 Å². The Labute approximate surface area is 138 Å². The van der Waals surface area contributed by atoms with Gasteiger partial charge in [0, 0.05) is 28.4 Å². The number of amides is 1. The number of benzene rings is 1. The highest BCUT2D eigenvalue weighted by Crippen LogP contribution is 2.15. The van der Waals surface area contributed by atoms with Gasteiger partial charge < -0.3 is 10.3 Å². The molecule has 0 radical (unpaired) electrons. The van der Waals surface area contributed by atoms with Gasteiger partial charge in [-0.2, -0.15) is 0 Å². The molecule has 0 unspecified atom stereocenters. The van der Waals surface area contributed by atoms with Crippen LogP contribution in [-0.4, -0.2) is 25.8 Å². The van der Waals surface area contributed by atoms with Gasteiger partial charge in [0.1, 0.15) is 5.82 Å². The minimum atomic E-state index is -0.513. The van der Waals surface area contributed by atoms with Crippen molar-refractivity contribution in [2.75, 3.05) is 0 Å². The molecule has 0 atom stereocenters. The van der Waals surface area contributed by atoms with Crippen LogP contribution in [-0.2, 0) is 6.54 Å². The summed E-state index contributed by atoms with van der Waals surface area (Å²) in [4.78, 5) is 33.6. The van der Waals surface area contributed by atoms with Crippen molar-refractivity contribution in [2.45, 2.75) is 6.54 Å². The fourth-order valence-electron chi connectivity index (χ4n) is 2.01. The highest BCUT2D eigenvalue weighted by Gasteiger charge is 2.10. The van der Waals surface area contributed by atoms with Gasteiger partial charge in [-0.05, 0) is 34.1 Å². The first-order valence-electron chi connectivity index (χ1n) is 6.56. The quantitative estimate of drug-likeness (QED) is 0.537. The van der Waals surface area contributed by atoms with E-state index in [0.717, 1.165) is 9.99 Å². The number of pyridine rings is 1. The molecule has 2 aromatic heterocycles. The van der Waals surface area contributed by atoms with Crippen molar-refractivity contribution in [1.82, 2.24) is 20.3 Å². The summed E-state index contributed by atoms with van der Waals surface area (Å²) >= 11 is 3.32. The Morgan fingerprint density at radius 1 is 1.35 bits per heavy atom. The number of halogens is 1. The molecule has 0 aliphatic carbocycles.